The minimum atomic E-state index is -3.84. The Labute approximate surface area is 162 Å². The van der Waals surface area contributed by atoms with Crippen LogP contribution in [0, 0.1) is 0 Å². The van der Waals surface area contributed by atoms with Crippen molar-refractivity contribution in [1.29, 1.82) is 0 Å². The minimum absolute atomic E-state index is 0.0169. The van der Waals surface area contributed by atoms with E-state index in [1.54, 1.807) is 42.5 Å². The molecule has 0 bridgehead atoms. The van der Waals surface area contributed by atoms with Crippen LogP contribution in [-0.4, -0.2) is 39.4 Å². The molecule has 0 radical (unpaired) electrons. The van der Waals surface area contributed by atoms with Crippen LogP contribution in [0.1, 0.15) is 6.92 Å². The van der Waals surface area contributed by atoms with Gasteiger partial charge in [-0.15, -0.1) is 0 Å². The van der Waals surface area contributed by atoms with Gasteiger partial charge in [-0.3, -0.25) is 14.4 Å². The monoisotopic (exact) mass is 405 g/mol. The lowest BCUT2D eigenvalue weighted by Crippen LogP contribution is -2.32. The van der Waals surface area contributed by atoms with E-state index in [1.165, 1.54) is 19.1 Å². The lowest BCUT2D eigenvalue weighted by Gasteiger charge is -2.09. The van der Waals surface area contributed by atoms with Crippen molar-refractivity contribution in [2.75, 3.05) is 23.8 Å². The van der Waals surface area contributed by atoms with E-state index in [0.717, 1.165) is 0 Å². The van der Waals surface area contributed by atoms with Gasteiger partial charge in [-0.1, -0.05) is 18.2 Å². The molecule has 0 aliphatic rings. The largest absolute Gasteiger partial charge is 0.455 e. The van der Waals surface area contributed by atoms with Crippen LogP contribution in [0.4, 0.5) is 11.4 Å². The highest BCUT2D eigenvalue weighted by atomic mass is 32.2. The molecule has 10 heteroatoms. The molecule has 9 nitrogen and oxygen atoms in total. The fourth-order valence-corrected chi connectivity index (χ4v) is 3.06. The van der Waals surface area contributed by atoms with Gasteiger partial charge < -0.3 is 15.4 Å². The summed E-state index contributed by atoms with van der Waals surface area (Å²) in [6, 6.07) is 13.9. The molecule has 0 fully saturated rings. The number of hydrogen-bond donors (Lipinski definition) is 3. The standard InChI is InChI=1S/C18H19N3O6S/c1-13(22)20-14-7-9-15(10-8-14)21-17(23)12-27-18(24)11-19-28(25,26)16-5-3-2-4-6-16/h2-10,19H,11-12H2,1H3,(H,20,22)(H,21,23). The summed E-state index contributed by atoms with van der Waals surface area (Å²) in [5.41, 5.74) is 1.02. The zero-order valence-electron chi connectivity index (χ0n) is 15.0. The first kappa shape index (κ1) is 21.1. The lowest BCUT2D eigenvalue weighted by molar-refractivity contribution is -0.146. The molecule has 0 aromatic heterocycles. The van der Waals surface area contributed by atoms with Crippen molar-refractivity contribution >= 4 is 39.2 Å². The van der Waals surface area contributed by atoms with Crippen molar-refractivity contribution < 1.29 is 27.5 Å². The molecule has 0 spiro atoms. The highest BCUT2D eigenvalue weighted by Crippen LogP contribution is 2.13. The molecule has 28 heavy (non-hydrogen) atoms. The van der Waals surface area contributed by atoms with Crippen molar-refractivity contribution in [1.82, 2.24) is 4.72 Å². The number of nitrogens with one attached hydrogen (secondary N) is 3. The average molecular weight is 405 g/mol. The van der Waals surface area contributed by atoms with Crippen LogP contribution < -0.4 is 15.4 Å². The Morgan fingerprint density at radius 3 is 2.04 bits per heavy atom. The fourth-order valence-electron chi connectivity index (χ4n) is 2.07. The van der Waals surface area contributed by atoms with Gasteiger partial charge in [-0.25, -0.2) is 8.42 Å². The van der Waals surface area contributed by atoms with Crippen molar-refractivity contribution in [3.05, 3.63) is 54.6 Å². The van der Waals surface area contributed by atoms with Crippen molar-refractivity contribution in [2.45, 2.75) is 11.8 Å². The minimum Gasteiger partial charge on any atom is -0.455 e. The second-order valence-corrected chi connectivity index (χ2v) is 7.37. The summed E-state index contributed by atoms with van der Waals surface area (Å²) in [7, 11) is -3.84. The Morgan fingerprint density at radius 1 is 0.893 bits per heavy atom. The molecule has 0 aliphatic heterocycles. The van der Waals surface area contributed by atoms with Crippen LogP contribution in [0.2, 0.25) is 0 Å². The first-order valence-corrected chi connectivity index (χ1v) is 9.62. The summed E-state index contributed by atoms with van der Waals surface area (Å²) in [5, 5.41) is 5.09. The fraction of sp³-hybridized carbons (Fsp3) is 0.167. The molecule has 0 unspecified atom stereocenters. The number of hydrogen-bond acceptors (Lipinski definition) is 6. The lowest BCUT2D eigenvalue weighted by atomic mass is 10.2. The number of ether oxygens (including phenoxy) is 1. The van der Waals surface area contributed by atoms with Gasteiger partial charge in [0.05, 0.1) is 4.90 Å². The van der Waals surface area contributed by atoms with E-state index < -0.39 is 35.1 Å². The van der Waals surface area contributed by atoms with Gasteiger partial charge in [0.1, 0.15) is 6.54 Å². The Balaban J connectivity index is 1.76. The molecule has 0 saturated carbocycles. The van der Waals surface area contributed by atoms with Gasteiger partial charge in [0.2, 0.25) is 15.9 Å². The maximum Gasteiger partial charge on any atom is 0.321 e. The molecule has 0 heterocycles. The Bertz CT molecular complexity index is 943. The summed E-state index contributed by atoms with van der Waals surface area (Å²) >= 11 is 0. The SMILES string of the molecule is CC(=O)Nc1ccc(NC(=O)COC(=O)CNS(=O)(=O)c2ccccc2)cc1. The van der Waals surface area contributed by atoms with E-state index in [9.17, 15) is 22.8 Å². The van der Waals surface area contributed by atoms with Gasteiger partial charge in [-0.2, -0.15) is 4.72 Å². The third kappa shape index (κ3) is 6.82. The van der Waals surface area contributed by atoms with Crippen LogP contribution in [-0.2, 0) is 29.1 Å². The van der Waals surface area contributed by atoms with Crippen LogP contribution in [0.3, 0.4) is 0 Å². The van der Waals surface area contributed by atoms with Gasteiger partial charge in [0, 0.05) is 18.3 Å². The van der Waals surface area contributed by atoms with Crippen LogP contribution in [0.5, 0.6) is 0 Å². The van der Waals surface area contributed by atoms with E-state index in [1.807, 2.05) is 0 Å². The molecule has 0 atom stereocenters. The van der Waals surface area contributed by atoms with Crippen LogP contribution in [0.25, 0.3) is 0 Å². The first-order valence-electron chi connectivity index (χ1n) is 8.14. The molecule has 0 aliphatic carbocycles. The summed E-state index contributed by atoms with van der Waals surface area (Å²) < 4.78 is 30.8. The van der Waals surface area contributed by atoms with Crippen molar-refractivity contribution in [3.63, 3.8) is 0 Å². The maximum atomic E-state index is 12.0. The number of sulfonamides is 1. The number of rotatable bonds is 8. The predicted octanol–water partition coefficient (Wildman–Crippen LogP) is 1.11. The van der Waals surface area contributed by atoms with Crippen molar-refractivity contribution in [3.8, 4) is 0 Å². The summed E-state index contributed by atoms with van der Waals surface area (Å²) in [6.07, 6.45) is 0. The second-order valence-electron chi connectivity index (χ2n) is 5.61. The third-order valence-corrected chi connectivity index (χ3v) is 4.73. The smallest absolute Gasteiger partial charge is 0.321 e. The Kier molecular flexibility index (Phi) is 7.24. The van der Waals surface area contributed by atoms with Gasteiger partial charge in [0.25, 0.3) is 5.91 Å². The third-order valence-electron chi connectivity index (χ3n) is 3.31. The van der Waals surface area contributed by atoms with E-state index >= 15 is 0 Å². The highest BCUT2D eigenvalue weighted by molar-refractivity contribution is 7.89. The number of amides is 2. The molecular formula is C18H19N3O6S. The maximum absolute atomic E-state index is 12.0. The van der Waals surface area contributed by atoms with E-state index in [0.29, 0.717) is 11.4 Å². The Hall–Kier alpha value is -3.24. The van der Waals surface area contributed by atoms with Crippen molar-refractivity contribution in [2.24, 2.45) is 0 Å². The Morgan fingerprint density at radius 2 is 1.46 bits per heavy atom. The molecule has 0 saturated heterocycles. The number of anilines is 2. The molecule has 3 N–H and O–H groups in total. The van der Waals surface area contributed by atoms with Crippen LogP contribution >= 0.6 is 0 Å². The second kappa shape index (κ2) is 9.62. The van der Waals surface area contributed by atoms with E-state index in [-0.39, 0.29) is 10.8 Å². The molecular weight excluding hydrogens is 386 g/mol. The zero-order chi connectivity index (χ0) is 20.6. The number of benzene rings is 2. The topological polar surface area (TPSA) is 131 Å². The first-order chi connectivity index (χ1) is 13.3. The predicted molar refractivity (Wildman–Crippen MR) is 102 cm³/mol. The molecule has 2 amide bonds. The van der Waals surface area contributed by atoms with E-state index in [4.69, 9.17) is 4.74 Å². The molecule has 148 valence electrons. The summed E-state index contributed by atoms with van der Waals surface area (Å²) in [5.74, 6) is -1.70. The average Bonchev–Trinajstić information content (AvgIpc) is 2.67. The van der Waals surface area contributed by atoms with Crippen LogP contribution in [0.15, 0.2) is 59.5 Å². The highest BCUT2D eigenvalue weighted by Gasteiger charge is 2.16. The van der Waals surface area contributed by atoms with Gasteiger partial charge in [0.15, 0.2) is 6.61 Å². The molecule has 2 aromatic carbocycles. The van der Waals surface area contributed by atoms with E-state index in [2.05, 4.69) is 15.4 Å². The summed E-state index contributed by atoms with van der Waals surface area (Å²) in [6.45, 7) is 0.208. The number of carbonyl (C=O) groups is 3. The van der Waals surface area contributed by atoms with Gasteiger partial charge in [-0.05, 0) is 36.4 Å². The van der Waals surface area contributed by atoms with Gasteiger partial charge >= 0.3 is 5.97 Å². The number of carbonyl (C=O) groups excluding carboxylic acids is 3. The zero-order valence-corrected chi connectivity index (χ0v) is 15.8. The quantitative estimate of drug-likeness (QED) is 0.564. The number of esters is 1. The summed E-state index contributed by atoms with van der Waals surface area (Å²) in [4.78, 5) is 34.4. The normalized spacial score (nSPS) is 10.8. The molecule has 2 aromatic rings. The molecule has 2 rings (SSSR count).